The highest BCUT2D eigenvalue weighted by Gasteiger charge is 2.05. The molecule has 0 atom stereocenters. The molecule has 96 valence electrons. The van der Waals surface area contributed by atoms with E-state index in [0.717, 1.165) is 31.4 Å². The average Bonchev–Trinajstić information content (AvgIpc) is 2.75. The van der Waals surface area contributed by atoms with Crippen molar-refractivity contribution in [3.05, 3.63) is 55.7 Å². The van der Waals surface area contributed by atoms with E-state index in [1.807, 2.05) is 24.4 Å². The van der Waals surface area contributed by atoms with Gasteiger partial charge in [-0.25, -0.2) is 0 Å². The lowest BCUT2D eigenvalue weighted by molar-refractivity contribution is 1.20. The molecule has 3 aromatic rings. The van der Waals surface area contributed by atoms with Gasteiger partial charge in [0.25, 0.3) is 0 Å². The standard InChI is InChI=1S/C14H10Br2N2S/c15-11-7-9(19-14(11)16)8-18-13-5-1-4-12-10(13)3-2-6-17-12/h1-7,18H,8H2. The van der Waals surface area contributed by atoms with Gasteiger partial charge in [-0.3, -0.25) is 4.98 Å². The Kier molecular flexibility index (Phi) is 3.86. The van der Waals surface area contributed by atoms with Gasteiger partial charge in [-0.05, 0) is 62.2 Å². The van der Waals surface area contributed by atoms with Gasteiger partial charge in [-0.15, -0.1) is 11.3 Å². The number of hydrogen-bond donors (Lipinski definition) is 1. The molecule has 1 aromatic carbocycles. The zero-order valence-electron chi connectivity index (χ0n) is 9.86. The molecule has 3 rings (SSSR count). The summed E-state index contributed by atoms with van der Waals surface area (Å²) in [5.74, 6) is 0. The van der Waals surface area contributed by atoms with E-state index in [4.69, 9.17) is 0 Å². The summed E-state index contributed by atoms with van der Waals surface area (Å²) in [5.41, 5.74) is 2.13. The molecule has 0 aliphatic heterocycles. The quantitative estimate of drug-likeness (QED) is 0.636. The number of hydrogen-bond acceptors (Lipinski definition) is 3. The second kappa shape index (κ2) is 5.61. The van der Waals surface area contributed by atoms with Crippen LogP contribution in [0.5, 0.6) is 0 Å². The van der Waals surface area contributed by atoms with Crippen molar-refractivity contribution < 1.29 is 0 Å². The Morgan fingerprint density at radius 1 is 1.16 bits per heavy atom. The lowest BCUT2D eigenvalue weighted by Gasteiger charge is -2.08. The molecule has 0 fully saturated rings. The van der Waals surface area contributed by atoms with E-state index in [1.165, 1.54) is 4.88 Å². The number of thiophene rings is 1. The number of nitrogens with zero attached hydrogens (tertiary/aromatic N) is 1. The van der Waals surface area contributed by atoms with Crippen molar-refractivity contribution in [2.75, 3.05) is 5.32 Å². The average molecular weight is 398 g/mol. The molecule has 0 aliphatic carbocycles. The van der Waals surface area contributed by atoms with Crippen molar-refractivity contribution in [1.29, 1.82) is 0 Å². The van der Waals surface area contributed by atoms with Crippen LogP contribution in [0.1, 0.15) is 4.88 Å². The van der Waals surface area contributed by atoms with E-state index in [1.54, 1.807) is 11.3 Å². The summed E-state index contributed by atoms with van der Waals surface area (Å²) in [4.78, 5) is 5.64. The van der Waals surface area contributed by atoms with Crippen LogP contribution in [-0.4, -0.2) is 4.98 Å². The van der Waals surface area contributed by atoms with E-state index < -0.39 is 0 Å². The molecule has 0 unspecified atom stereocenters. The molecule has 1 N–H and O–H groups in total. The maximum Gasteiger partial charge on any atom is 0.0843 e. The van der Waals surface area contributed by atoms with Crippen LogP contribution in [0.2, 0.25) is 0 Å². The summed E-state index contributed by atoms with van der Waals surface area (Å²) in [7, 11) is 0. The van der Waals surface area contributed by atoms with E-state index in [2.05, 4.69) is 60.4 Å². The first-order valence-electron chi connectivity index (χ1n) is 5.75. The summed E-state index contributed by atoms with van der Waals surface area (Å²) in [6.07, 6.45) is 1.82. The van der Waals surface area contributed by atoms with E-state index in [0.29, 0.717) is 0 Å². The predicted molar refractivity (Wildman–Crippen MR) is 88.8 cm³/mol. The Morgan fingerprint density at radius 3 is 2.84 bits per heavy atom. The zero-order valence-corrected chi connectivity index (χ0v) is 13.8. The van der Waals surface area contributed by atoms with Crippen LogP contribution in [-0.2, 0) is 6.54 Å². The molecule has 0 bridgehead atoms. The van der Waals surface area contributed by atoms with Gasteiger partial charge in [0.15, 0.2) is 0 Å². The predicted octanol–water partition coefficient (Wildman–Crippen LogP) is 5.43. The number of rotatable bonds is 3. The zero-order chi connectivity index (χ0) is 13.2. The van der Waals surface area contributed by atoms with Crippen molar-refractivity contribution in [1.82, 2.24) is 4.98 Å². The highest BCUT2D eigenvalue weighted by atomic mass is 79.9. The van der Waals surface area contributed by atoms with Crippen molar-refractivity contribution in [2.24, 2.45) is 0 Å². The molecular formula is C14H10Br2N2S. The number of benzene rings is 1. The molecule has 0 spiro atoms. The highest BCUT2D eigenvalue weighted by molar-refractivity contribution is 9.13. The molecule has 0 amide bonds. The molecule has 0 aliphatic rings. The fourth-order valence-corrected chi connectivity index (χ4v) is 4.03. The third-order valence-corrected chi connectivity index (χ3v) is 6.05. The second-order valence-corrected chi connectivity index (χ2v) is 7.37. The smallest absolute Gasteiger partial charge is 0.0843 e. The van der Waals surface area contributed by atoms with Crippen molar-refractivity contribution in [3.8, 4) is 0 Å². The van der Waals surface area contributed by atoms with Gasteiger partial charge in [0.2, 0.25) is 0 Å². The third kappa shape index (κ3) is 2.83. The molecule has 5 heteroatoms. The van der Waals surface area contributed by atoms with Gasteiger partial charge < -0.3 is 5.32 Å². The largest absolute Gasteiger partial charge is 0.380 e. The van der Waals surface area contributed by atoms with E-state index in [9.17, 15) is 0 Å². The van der Waals surface area contributed by atoms with Gasteiger partial charge in [0, 0.05) is 33.2 Å². The van der Waals surface area contributed by atoms with Crippen LogP contribution >= 0.6 is 43.2 Å². The SMILES string of the molecule is Brc1cc(CNc2cccc3ncccc23)sc1Br. The maximum atomic E-state index is 4.36. The lowest BCUT2D eigenvalue weighted by atomic mass is 10.2. The summed E-state index contributed by atoms with van der Waals surface area (Å²) >= 11 is 8.75. The Bertz CT molecular complexity index is 700. The summed E-state index contributed by atoms with van der Waals surface area (Å²) in [6.45, 7) is 0.808. The molecule has 2 heterocycles. The molecule has 0 radical (unpaired) electrons. The van der Waals surface area contributed by atoms with Gasteiger partial charge in [0.05, 0.1) is 9.30 Å². The number of nitrogens with one attached hydrogen (secondary N) is 1. The molecule has 2 nitrogen and oxygen atoms in total. The number of halogens is 2. The molecular weight excluding hydrogens is 388 g/mol. The van der Waals surface area contributed by atoms with Gasteiger partial charge >= 0.3 is 0 Å². The van der Waals surface area contributed by atoms with Gasteiger partial charge in [-0.1, -0.05) is 6.07 Å². The van der Waals surface area contributed by atoms with E-state index in [-0.39, 0.29) is 0 Å². The summed E-state index contributed by atoms with van der Waals surface area (Å²) in [6, 6.07) is 12.3. The monoisotopic (exact) mass is 396 g/mol. The molecule has 0 saturated carbocycles. The van der Waals surface area contributed by atoms with Crippen LogP contribution in [0.25, 0.3) is 10.9 Å². The van der Waals surface area contributed by atoms with Gasteiger partial charge in [0.1, 0.15) is 0 Å². The van der Waals surface area contributed by atoms with Crippen LogP contribution in [0.15, 0.2) is 50.9 Å². The lowest BCUT2D eigenvalue weighted by Crippen LogP contribution is -1.98. The normalized spacial score (nSPS) is 10.8. The molecule has 0 saturated heterocycles. The second-order valence-electron chi connectivity index (χ2n) is 4.06. The number of anilines is 1. The van der Waals surface area contributed by atoms with Crippen LogP contribution in [0.3, 0.4) is 0 Å². The Morgan fingerprint density at radius 2 is 2.05 bits per heavy atom. The minimum absolute atomic E-state index is 0.808. The summed E-state index contributed by atoms with van der Waals surface area (Å²) < 4.78 is 2.23. The van der Waals surface area contributed by atoms with Crippen molar-refractivity contribution >= 4 is 59.8 Å². The van der Waals surface area contributed by atoms with Gasteiger partial charge in [-0.2, -0.15) is 0 Å². The number of fused-ring (bicyclic) bond motifs is 1. The minimum Gasteiger partial charge on any atom is -0.380 e. The van der Waals surface area contributed by atoms with Crippen LogP contribution in [0, 0.1) is 0 Å². The first kappa shape index (κ1) is 13.1. The number of pyridine rings is 1. The highest BCUT2D eigenvalue weighted by Crippen LogP contribution is 2.33. The minimum atomic E-state index is 0.808. The summed E-state index contributed by atoms with van der Waals surface area (Å²) in [5, 5.41) is 4.63. The fraction of sp³-hybridized carbons (Fsp3) is 0.0714. The first-order chi connectivity index (χ1) is 9.24. The third-order valence-electron chi connectivity index (χ3n) is 2.79. The first-order valence-corrected chi connectivity index (χ1v) is 8.15. The fourth-order valence-electron chi connectivity index (χ4n) is 1.92. The maximum absolute atomic E-state index is 4.36. The topological polar surface area (TPSA) is 24.9 Å². The van der Waals surface area contributed by atoms with Crippen molar-refractivity contribution in [2.45, 2.75) is 6.54 Å². The Balaban J connectivity index is 1.85. The van der Waals surface area contributed by atoms with E-state index >= 15 is 0 Å². The Labute approximate surface area is 132 Å². The Hall–Kier alpha value is -0.910. The molecule has 19 heavy (non-hydrogen) atoms. The number of aromatic nitrogens is 1. The van der Waals surface area contributed by atoms with Crippen molar-refractivity contribution in [3.63, 3.8) is 0 Å². The van der Waals surface area contributed by atoms with Crippen LogP contribution in [0.4, 0.5) is 5.69 Å². The molecule has 2 aromatic heterocycles. The van der Waals surface area contributed by atoms with Crippen LogP contribution < -0.4 is 5.32 Å².